The third-order valence-electron chi connectivity index (χ3n) is 5.86. The second-order valence-electron chi connectivity index (χ2n) is 8.10. The topological polar surface area (TPSA) is 65.0 Å². The van der Waals surface area contributed by atoms with E-state index in [4.69, 9.17) is 9.47 Å². The van der Waals surface area contributed by atoms with Gasteiger partial charge in [0.25, 0.3) is 0 Å². The van der Waals surface area contributed by atoms with Crippen LogP contribution in [0.1, 0.15) is 38.7 Å². The molecule has 1 saturated carbocycles. The summed E-state index contributed by atoms with van der Waals surface area (Å²) in [6.07, 6.45) is 12.2. The lowest BCUT2D eigenvalue weighted by Gasteiger charge is -2.31. The van der Waals surface area contributed by atoms with Crippen molar-refractivity contribution in [3.8, 4) is 5.75 Å². The monoisotopic (exact) mass is 414 g/mol. The second kappa shape index (κ2) is 11.7. The number of hydrogen-bond donors (Lipinski definition) is 1. The number of hydrogen-bond acceptors (Lipinski definition) is 5. The molecule has 1 aromatic carbocycles. The van der Waals surface area contributed by atoms with Crippen LogP contribution in [-0.2, 0) is 20.9 Å². The van der Waals surface area contributed by atoms with Crippen molar-refractivity contribution in [2.45, 2.75) is 45.8 Å². The summed E-state index contributed by atoms with van der Waals surface area (Å²) >= 11 is 0. The van der Waals surface area contributed by atoms with E-state index in [1.54, 1.807) is 13.2 Å². The smallest absolute Gasteiger partial charge is 0.330 e. The second-order valence-corrected chi connectivity index (χ2v) is 8.10. The molecular formula is C25H34O5. The van der Waals surface area contributed by atoms with Crippen LogP contribution in [0.3, 0.4) is 0 Å². The molecule has 0 radical (unpaired) electrons. The molecule has 0 spiro atoms. The van der Waals surface area contributed by atoms with E-state index >= 15 is 0 Å². The summed E-state index contributed by atoms with van der Waals surface area (Å²) in [5.74, 6) is 0.653. The molecule has 5 heteroatoms. The zero-order valence-corrected chi connectivity index (χ0v) is 18.5. The number of carbonyl (C=O) groups excluding carboxylic acids is 1. The molecule has 1 aliphatic rings. The van der Waals surface area contributed by atoms with Crippen molar-refractivity contribution in [3.05, 3.63) is 65.8 Å². The Morgan fingerprint density at radius 3 is 2.60 bits per heavy atom. The summed E-state index contributed by atoms with van der Waals surface area (Å²) < 4.78 is 16.2. The number of aliphatic hydroxyl groups is 1. The normalized spacial score (nSPS) is 24.6. The predicted octanol–water partition coefficient (Wildman–Crippen LogP) is 4.61. The van der Waals surface area contributed by atoms with E-state index in [-0.39, 0.29) is 30.0 Å². The highest BCUT2D eigenvalue weighted by Crippen LogP contribution is 2.48. The van der Waals surface area contributed by atoms with Crippen molar-refractivity contribution in [1.82, 2.24) is 0 Å². The first-order chi connectivity index (χ1) is 14.4. The molecule has 0 aromatic heterocycles. The molecule has 1 aliphatic carbocycles. The van der Waals surface area contributed by atoms with E-state index in [9.17, 15) is 9.90 Å². The molecule has 164 valence electrons. The first kappa shape index (κ1) is 23.9. The van der Waals surface area contributed by atoms with E-state index in [0.29, 0.717) is 6.61 Å². The van der Waals surface area contributed by atoms with Gasteiger partial charge in [-0.15, -0.1) is 0 Å². The summed E-state index contributed by atoms with van der Waals surface area (Å²) in [5, 5.41) is 9.34. The minimum atomic E-state index is -0.373. The molecule has 5 nitrogen and oxygen atoms in total. The first-order valence-electron chi connectivity index (χ1n) is 10.4. The lowest BCUT2D eigenvalue weighted by atomic mass is 9.76. The maximum Gasteiger partial charge on any atom is 0.330 e. The number of esters is 1. The molecule has 0 heterocycles. The summed E-state index contributed by atoms with van der Waals surface area (Å²) in [7, 11) is 3.02. The Balaban J connectivity index is 2.12. The molecule has 30 heavy (non-hydrogen) atoms. The van der Waals surface area contributed by atoms with Gasteiger partial charge < -0.3 is 19.3 Å². The summed E-state index contributed by atoms with van der Waals surface area (Å²) in [4.78, 5) is 11.3. The van der Waals surface area contributed by atoms with Gasteiger partial charge in [0.2, 0.25) is 0 Å². The largest absolute Gasteiger partial charge is 0.497 e. The minimum Gasteiger partial charge on any atom is -0.497 e. The van der Waals surface area contributed by atoms with Gasteiger partial charge >= 0.3 is 5.97 Å². The van der Waals surface area contributed by atoms with Gasteiger partial charge in [0, 0.05) is 12.0 Å². The highest BCUT2D eigenvalue weighted by atomic mass is 16.5. The van der Waals surface area contributed by atoms with Gasteiger partial charge in [0.05, 0.1) is 33.5 Å². The van der Waals surface area contributed by atoms with Gasteiger partial charge in [-0.3, -0.25) is 0 Å². The molecule has 0 unspecified atom stereocenters. The van der Waals surface area contributed by atoms with Crippen LogP contribution < -0.4 is 4.74 Å². The fourth-order valence-corrected chi connectivity index (χ4v) is 3.83. The van der Waals surface area contributed by atoms with Crippen molar-refractivity contribution in [2.75, 3.05) is 20.8 Å². The molecule has 1 fully saturated rings. The molecule has 0 saturated heterocycles. The molecule has 3 atom stereocenters. The van der Waals surface area contributed by atoms with Crippen LogP contribution in [0.4, 0.5) is 0 Å². The van der Waals surface area contributed by atoms with Crippen LogP contribution >= 0.6 is 0 Å². The Morgan fingerprint density at radius 1 is 1.23 bits per heavy atom. The Morgan fingerprint density at radius 2 is 1.97 bits per heavy atom. The highest BCUT2D eigenvalue weighted by molar-refractivity contribution is 5.82. The van der Waals surface area contributed by atoms with Gasteiger partial charge in [-0.25, -0.2) is 4.79 Å². The van der Waals surface area contributed by atoms with E-state index in [2.05, 4.69) is 23.8 Å². The molecule has 0 aliphatic heterocycles. The molecule has 0 amide bonds. The quantitative estimate of drug-likeness (QED) is 0.262. The maximum absolute atomic E-state index is 11.3. The van der Waals surface area contributed by atoms with E-state index in [0.717, 1.165) is 36.1 Å². The lowest BCUT2D eigenvalue weighted by molar-refractivity contribution is -0.134. The van der Waals surface area contributed by atoms with Gasteiger partial charge in [0.1, 0.15) is 5.75 Å². The molecule has 0 bridgehead atoms. The van der Waals surface area contributed by atoms with Gasteiger partial charge in [-0.1, -0.05) is 48.9 Å². The maximum atomic E-state index is 11.3. The van der Waals surface area contributed by atoms with Crippen LogP contribution in [0.5, 0.6) is 5.75 Å². The third kappa shape index (κ3) is 6.85. The van der Waals surface area contributed by atoms with Crippen molar-refractivity contribution < 1.29 is 24.1 Å². The van der Waals surface area contributed by atoms with Crippen LogP contribution in [0, 0.1) is 11.3 Å². The first-order valence-corrected chi connectivity index (χ1v) is 10.4. The molecule has 1 aromatic rings. The number of ether oxygens (including phenoxy) is 3. The Labute approximate surface area is 180 Å². The van der Waals surface area contributed by atoms with Crippen molar-refractivity contribution in [1.29, 1.82) is 0 Å². The van der Waals surface area contributed by atoms with Gasteiger partial charge in [-0.05, 0) is 49.3 Å². The number of benzene rings is 1. The van der Waals surface area contributed by atoms with E-state index in [1.807, 2.05) is 37.3 Å². The SMILES string of the molecule is COC(=O)/C=C/C=C/[C@@H]1[C@H](OCc2ccc(OC)cc2)CC[C@@]1(C)C/C=C(/C)CO. The number of methoxy groups -OCH3 is 2. The van der Waals surface area contributed by atoms with Gasteiger partial charge in [-0.2, -0.15) is 0 Å². The van der Waals surface area contributed by atoms with Crippen LogP contribution in [0.15, 0.2) is 60.2 Å². The number of aliphatic hydroxyl groups excluding tert-OH is 1. The predicted molar refractivity (Wildman–Crippen MR) is 118 cm³/mol. The fourth-order valence-electron chi connectivity index (χ4n) is 3.83. The average molecular weight is 415 g/mol. The standard InChI is InChI=1S/C25H34O5/c1-19(17-26)13-15-25(2)16-14-23(22(25)7-5-6-8-24(27)29-4)30-18-20-9-11-21(28-3)12-10-20/h5-13,22-23,26H,14-18H2,1-4H3/b7-5+,8-6+,19-13-/t22-,23-,25-/m1/s1. The Bertz CT molecular complexity index is 762. The summed E-state index contributed by atoms with van der Waals surface area (Å²) in [5.41, 5.74) is 2.11. The zero-order chi connectivity index (χ0) is 22.0. The number of rotatable bonds is 10. The molecule has 1 N–H and O–H groups in total. The molecular weight excluding hydrogens is 380 g/mol. The van der Waals surface area contributed by atoms with Crippen LogP contribution in [0.2, 0.25) is 0 Å². The Kier molecular flexibility index (Phi) is 9.34. The average Bonchev–Trinajstić information content (AvgIpc) is 3.09. The molecule has 2 rings (SSSR count). The minimum absolute atomic E-state index is 0.0244. The lowest BCUT2D eigenvalue weighted by Crippen LogP contribution is -2.27. The van der Waals surface area contributed by atoms with Gasteiger partial charge in [0.15, 0.2) is 0 Å². The van der Waals surface area contributed by atoms with Crippen LogP contribution in [-0.4, -0.2) is 38.0 Å². The summed E-state index contributed by atoms with van der Waals surface area (Å²) in [6.45, 7) is 4.83. The van der Waals surface area contributed by atoms with Crippen molar-refractivity contribution >= 4 is 5.97 Å². The summed E-state index contributed by atoms with van der Waals surface area (Å²) in [6, 6.07) is 7.92. The highest BCUT2D eigenvalue weighted by Gasteiger charge is 2.43. The Hall–Kier alpha value is -2.37. The number of carbonyl (C=O) groups is 1. The zero-order valence-electron chi connectivity index (χ0n) is 18.5. The van der Waals surface area contributed by atoms with E-state index < -0.39 is 0 Å². The van der Waals surface area contributed by atoms with Crippen LogP contribution in [0.25, 0.3) is 0 Å². The van der Waals surface area contributed by atoms with Crippen molar-refractivity contribution in [2.24, 2.45) is 11.3 Å². The van der Waals surface area contributed by atoms with Crippen molar-refractivity contribution in [3.63, 3.8) is 0 Å². The van der Waals surface area contributed by atoms with E-state index in [1.165, 1.54) is 13.2 Å². The number of allylic oxidation sites excluding steroid dienone is 3. The fraction of sp³-hybridized carbons (Fsp3) is 0.480. The third-order valence-corrected chi connectivity index (χ3v) is 5.86.